The molecule has 1 aliphatic heterocycles. The summed E-state index contributed by atoms with van der Waals surface area (Å²) in [4.78, 5) is 6.54. The van der Waals surface area contributed by atoms with Crippen LogP contribution in [-0.2, 0) is 6.18 Å². The fraction of sp³-hybridized carbons (Fsp3) is 0.368. The van der Waals surface area contributed by atoms with E-state index in [1.807, 2.05) is 9.80 Å². The van der Waals surface area contributed by atoms with Gasteiger partial charge in [-0.25, -0.2) is 4.98 Å². The van der Waals surface area contributed by atoms with Crippen LogP contribution in [0.25, 0.3) is 0 Å². The number of halogens is 4. The smallest absolute Gasteiger partial charge is 0.419 e. The van der Waals surface area contributed by atoms with Crippen molar-refractivity contribution in [2.75, 3.05) is 50.6 Å². The van der Waals surface area contributed by atoms with Crippen LogP contribution in [0.4, 0.5) is 24.7 Å². The molecule has 0 amide bonds. The Morgan fingerprint density at radius 2 is 1.83 bits per heavy atom. The lowest BCUT2D eigenvalue weighted by atomic mass is 10.2. The first-order chi connectivity index (χ1) is 14.2. The minimum atomic E-state index is -4.45. The van der Waals surface area contributed by atoms with Gasteiger partial charge in [-0.2, -0.15) is 13.2 Å². The largest absolute Gasteiger partial charge is 0.497 e. The van der Waals surface area contributed by atoms with E-state index in [9.17, 15) is 13.2 Å². The zero-order valence-electron chi connectivity index (χ0n) is 16.3. The number of piperazine rings is 1. The van der Waals surface area contributed by atoms with Crippen molar-refractivity contribution >= 4 is 40.4 Å². The minimum absolute atomic E-state index is 0.0279. The topological polar surface area (TPSA) is 51.1 Å². The average molecular weight is 462 g/mol. The van der Waals surface area contributed by atoms with Gasteiger partial charge in [0.1, 0.15) is 35.8 Å². The molecule has 0 bridgehead atoms. The molecule has 2 aromatic rings. The second-order valence-corrected chi connectivity index (χ2v) is 7.35. The molecular weight excluding hydrogens is 441 g/mol. The molecule has 6 nitrogen and oxygen atoms in total. The molecule has 11 heteroatoms. The number of pyridine rings is 1. The second kappa shape index (κ2) is 9.13. The number of alkyl halides is 3. The first-order valence-electron chi connectivity index (χ1n) is 9.04. The van der Waals surface area contributed by atoms with Crippen LogP contribution in [0.1, 0.15) is 5.56 Å². The number of anilines is 2. The zero-order valence-corrected chi connectivity index (χ0v) is 17.9. The summed E-state index contributed by atoms with van der Waals surface area (Å²) >= 11 is 11.6. The summed E-state index contributed by atoms with van der Waals surface area (Å²) in [5.41, 5.74) is -0.129. The third kappa shape index (κ3) is 4.99. The highest BCUT2D eigenvalue weighted by molar-refractivity contribution is 7.80. The molecule has 162 valence electrons. The van der Waals surface area contributed by atoms with Gasteiger partial charge in [0.2, 0.25) is 0 Å². The van der Waals surface area contributed by atoms with Crippen LogP contribution < -0.4 is 24.7 Å². The van der Waals surface area contributed by atoms with E-state index < -0.39 is 11.7 Å². The van der Waals surface area contributed by atoms with E-state index >= 15 is 0 Å². The molecule has 1 aromatic heterocycles. The Kier molecular flexibility index (Phi) is 6.77. The summed E-state index contributed by atoms with van der Waals surface area (Å²) in [5, 5.41) is 3.72. The minimum Gasteiger partial charge on any atom is -0.497 e. The van der Waals surface area contributed by atoms with Gasteiger partial charge in [0.05, 0.1) is 38.6 Å². The maximum absolute atomic E-state index is 12.8. The molecule has 1 aliphatic rings. The van der Waals surface area contributed by atoms with Gasteiger partial charge in [-0.3, -0.25) is 4.90 Å². The standard InChI is InChI=1S/C19H20ClF3N4O2S/c1-28-13-3-4-16(29-2)15(10-13)25-18(30)27-7-5-26(6-8-27)17-14(20)9-12(11-24-17)19(21,22)23/h3-4,9-11H,5-8H2,1-2H3,(H,25,30)/p+1. The Labute approximate surface area is 182 Å². The molecule has 0 atom stereocenters. The van der Waals surface area contributed by atoms with Crippen LogP contribution in [0.5, 0.6) is 11.5 Å². The van der Waals surface area contributed by atoms with Crippen molar-refractivity contribution < 1.29 is 27.6 Å². The van der Waals surface area contributed by atoms with Gasteiger partial charge in [0.25, 0.3) is 5.82 Å². The number of thiocarbonyl (C=S) groups is 1. The molecule has 1 aromatic carbocycles. The summed E-state index contributed by atoms with van der Waals surface area (Å²) in [6.07, 6.45) is -3.52. The molecule has 3 rings (SSSR count). The van der Waals surface area contributed by atoms with E-state index in [0.29, 0.717) is 54.3 Å². The van der Waals surface area contributed by atoms with E-state index in [2.05, 4.69) is 10.3 Å². The van der Waals surface area contributed by atoms with Crippen molar-refractivity contribution in [1.29, 1.82) is 0 Å². The van der Waals surface area contributed by atoms with Gasteiger partial charge < -0.3 is 19.7 Å². The van der Waals surface area contributed by atoms with Crippen molar-refractivity contribution in [2.24, 2.45) is 0 Å². The number of hydrogen-bond acceptors (Lipinski definition) is 4. The summed E-state index contributed by atoms with van der Waals surface area (Å²) in [7, 11) is 3.14. The number of aromatic nitrogens is 1. The number of nitrogens with zero attached hydrogens (tertiary/aromatic N) is 2. The van der Waals surface area contributed by atoms with E-state index in [1.165, 1.54) is 0 Å². The van der Waals surface area contributed by atoms with Gasteiger partial charge in [0.15, 0.2) is 5.11 Å². The fourth-order valence-electron chi connectivity index (χ4n) is 3.11. The quantitative estimate of drug-likeness (QED) is 0.701. The summed E-state index contributed by atoms with van der Waals surface area (Å²) < 4.78 is 49.1. The summed E-state index contributed by atoms with van der Waals surface area (Å²) in [6.45, 7) is 2.23. The molecule has 0 aliphatic carbocycles. The number of hydrogen-bond donors (Lipinski definition) is 1. The molecule has 0 unspecified atom stereocenters. The number of aromatic amines is 1. The molecule has 2 N–H and O–H groups in total. The Balaban J connectivity index is 1.64. The number of rotatable bonds is 4. The van der Waals surface area contributed by atoms with Crippen LogP contribution >= 0.6 is 23.8 Å². The highest BCUT2D eigenvalue weighted by Crippen LogP contribution is 2.32. The van der Waals surface area contributed by atoms with Crippen LogP contribution in [0.3, 0.4) is 0 Å². The lowest BCUT2D eigenvalue weighted by molar-refractivity contribution is -0.367. The summed E-state index contributed by atoms with van der Waals surface area (Å²) in [5.74, 6) is 1.75. The van der Waals surface area contributed by atoms with E-state index in [4.69, 9.17) is 33.3 Å². The van der Waals surface area contributed by atoms with E-state index in [-0.39, 0.29) is 5.02 Å². The van der Waals surface area contributed by atoms with Gasteiger partial charge in [-0.05, 0) is 30.4 Å². The SMILES string of the molecule is COc1ccc(OC)c(NC(=S)N2CCN(c3[nH+]cc(C(F)(F)F)cc3Cl)CC2)c1. The van der Waals surface area contributed by atoms with Gasteiger partial charge in [-0.1, -0.05) is 11.6 Å². The van der Waals surface area contributed by atoms with Gasteiger partial charge in [0, 0.05) is 6.07 Å². The normalized spacial score (nSPS) is 14.5. The summed E-state index contributed by atoms with van der Waals surface area (Å²) in [6, 6.07) is 6.29. The van der Waals surface area contributed by atoms with Gasteiger partial charge in [-0.15, -0.1) is 0 Å². The number of H-pyrrole nitrogens is 1. The fourth-order valence-corrected chi connectivity index (χ4v) is 3.69. The van der Waals surface area contributed by atoms with Crippen molar-refractivity contribution in [3.05, 3.63) is 41.0 Å². The lowest BCUT2D eigenvalue weighted by Crippen LogP contribution is -2.51. The molecule has 0 saturated carbocycles. The first kappa shape index (κ1) is 22.2. The van der Waals surface area contributed by atoms with Crippen molar-refractivity contribution in [3.8, 4) is 11.5 Å². The second-order valence-electron chi connectivity index (χ2n) is 6.55. The number of methoxy groups -OCH3 is 2. The highest BCUT2D eigenvalue weighted by Gasteiger charge is 2.34. The highest BCUT2D eigenvalue weighted by atomic mass is 35.5. The maximum atomic E-state index is 12.8. The van der Waals surface area contributed by atoms with E-state index in [1.54, 1.807) is 32.4 Å². The van der Waals surface area contributed by atoms with Crippen LogP contribution in [0.2, 0.25) is 5.02 Å². The predicted octanol–water partition coefficient (Wildman–Crippen LogP) is 3.71. The lowest BCUT2D eigenvalue weighted by Gasteiger charge is -2.33. The Bertz CT molecular complexity index is 921. The monoisotopic (exact) mass is 461 g/mol. The van der Waals surface area contributed by atoms with Crippen LogP contribution in [0, 0.1) is 0 Å². The van der Waals surface area contributed by atoms with Crippen molar-refractivity contribution in [2.45, 2.75) is 6.18 Å². The number of ether oxygens (including phenoxy) is 2. The van der Waals surface area contributed by atoms with E-state index in [0.717, 1.165) is 12.3 Å². The van der Waals surface area contributed by atoms with Gasteiger partial charge >= 0.3 is 6.18 Å². The zero-order chi connectivity index (χ0) is 21.9. The molecule has 0 radical (unpaired) electrons. The Hall–Kier alpha value is -2.46. The maximum Gasteiger partial charge on any atom is 0.419 e. The molecule has 0 spiro atoms. The van der Waals surface area contributed by atoms with Crippen molar-refractivity contribution in [3.63, 3.8) is 0 Å². The number of benzene rings is 1. The molecule has 1 saturated heterocycles. The molecule has 2 heterocycles. The predicted molar refractivity (Wildman–Crippen MR) is 113 cm³/mol. The Morgan fingerprint density at radius 3 is 2.40 bits per heavy atom. The number of nitrogens with one attached hydrogen (secondary N) is 2. The third-order valence-electron chi connectivity index (χ3n) is 4.73. The average Bonchev–Trinajstić information content (AvgIpc) is 2.73. The molecule has 1 fully saturated rings. The first-order valence-corrected chi connectivity index (χ1v) is 9.83. The Morgan fingerprint density at radius 1 is 1.13 bits per heavy atom. The molecular formula is C19H21ClF3N4O2S+. The van der Waals surface area contributed by atoms with Crippen LogP contribution in [0.15, 0.2) is 30.5 Å². The van der Waals surface area contributed by atoms with Crippen molar-refractivity contribution in [1.82, 2.24) is 4.90 Å². The van der Waals surface area contributed by atoms with Crippen LogP contribution in [-0.4, -0.2) is 50.4 Å². The third-order valence-corrected chi connectivity index (χ3v) is 5.38. The molecule has 30 heavy (non-hydrogen) atoms.